The molecule has 12 heteroatoms. The molecule has 0 bridgehead atoms. The number of nitrogens with zero attached hydrogens (tertiary/aromatic N) is 5. The van der Waals surface area contributed by atoms with Gasteiger partial charge in [0, 0.05) is 26.2 Å². The Hall–Kier alpha value is -2.63. The molecule has 2 heterocycles. The van der Waals surface area contributed by atoms with Gasteiger partial charge in [-0.2, -0.15) is 0 Å². The fourth-order valence-electron chi connectivity index (χ4n) is 2.87. The largest absolute Gasteiger partial charge is 0.486 e. The van der Waals surface area contributed by atoms with Crippen LogP contribution < -0.4 is 10.1 Å². The van der Waals surface area contributed by atoms with Crippen LogP contribution in [0, 0.1) is 20.8 Å². The Bertz CT molecular complexity index is 1170. The van der Waals surface area contributed by atoms with E-state index in [0.29, 0.717) is 32.4 Å². The maximum Gasteiger partial charge on any atom is 0.265 e. The highest BCUT2D eigenvalue weighted by molar-refractivity contribution is 7.99. The van der Waals surface area contributed by atoms with Gasteiger partial charge in [0.25, 0.3) is 5.91 Å². The second-order valence-corrected chi connectivity index (χ2v) is 9.91. The van der Waals surface area contributed by atoms with Crippen molar-refractivity contribution in [1.82, 2.24) is 24.6 Å². The molecule has 0 aliphatic heterocycles. The quantitative estimate of drug-likeness (QED) is 0.461. The van der Waals surface area contributed by atoms with E-state index in [4.69, 9.17) is 16.3 Å². The minimum atomic E-state index is -0.245. The summed E-state index contributed by atoms with van der Waals surface area (Å²) in [5.74, 6) is 1.07. The molecular formula is C21H25ClN6O3S2. The Morgan fingerprint density at radius 1 is 1.21 bits per heavy atom. The number of thioether (sulfide) groups is 1. The van der Waals surface area contributed by atoms with Crippen LogP contribution >= 0.6 is 34.7 Å². The predicted molar refractivity (Wildman–Crippen MR) is 130 cm³/mol. The predicted octanol–water partition coefficient (Wildman–Crippen LogP) is 3.86. The van der Waals surface area contributed by atoms with E-state index in [0.717, 1.165) is 27.5 Å². The lowest BCUT2D eigenvalue weighted by atomic mass is 10.1. The average molecular weight is 509 g/mol. The second-order valence-electron chi connectivity index (χ2n) is 7.59. The fourth-order valence-corrected chi connectivity index (χ4v) is 4.71. The number of aromatic nitrogens is 4. The molecule has 0 aliphatic carbocycles. The van der Waals surface area contributed by atoms with Crippen molar-refractivity contribution in [2.75, 3.05) is 25.2 Å². The molecule has 0 saturated heterocycles. The van der Waals surface area contributed by atoms with Gasteiger partial charge in [-0.05, 0) is 44.0 Å². The summed E-state index contributed by atoms with van der Waals surface area (Å²) in [7, 11) is 5.17. The van der Waals surface area contributed by atoms with E-state index in [1.165, 1.54) is 16.7 Å². The second kappa shape index (κ2) is 10.5. The molecule has 33 heavy (non-hydrogen) atoms. The smallest absolute Gasteiger partial charge is 0.265 e. The molecule has 0 radical (unpaired) electrons. The number of hydrogen-bond donors (Lipinski definition) is 1. The van der Waals surface area contributed by atoms with E-state index in [1.807, 2.05) is 33.0 Å². The van der Waals surface area contributed by atoms with Gasteiger partial charge < -0.3 is 19.5 Å². The van der Waals surface area contributed by atoms with E-state index >= 15 is 0 Å². The molecule has 0 fully saturated rings. The first kappa shape index (κ1) is 25.0. The Labute approximate surface area is 205 Å². The molecule has 176 valence electrons. The standard InChI is InChI=1S/C21H25ClN6O3S2/c1-11-7-14(8-12(2)17(11)22)31-9-15-25-26-21(28(15)6)32-10-16(29)24-20-23-13(3)18(33-20)19(30)27(4)5/h7-8H,9-10H2,1-6H3,(H,23,24,29). The molecule has 2 aromatic heterocycles. The third kappa shape index (κ3) is 6.04. The summed E-state index contributed by atoms with van der Waals surface area (Å²) >= 11 is 8.62. The molecule has 0 aliphatic rings. The summed E-state index contributed by atoms with van der Waals surface area (Å²) in [6, 6.07) is 3.76. The van der Waals surface area contributed by atoms with Crippen LogP contribution in [0.3, 0.4) is 0 Å². The zero-order chi connectivity index (χ0) is 24.3. The van der Waals surface area contributed by atoms with Crippen LogP contribution in [0.2, 0.25) is 5.02 Å². The lowest BCUT2D eigenvalue weighted by molar-refractivity contribution is -0.113. The van der Waals surface area contributed by atoms with Crippen molar-refractivity contribution in [2.45, 2.75) is 32.5 Å². The zero-order valence-corrected chi connectivity index (χ0v) is 21.6. The van der Waals surface area contributed by atoms with E-state index in [9.17, 15) is 9.59 Å². The minimum Gasteiger partial charge on any atom is -0.486 e. The fraction of sp³-hybridized carbons (Fsp3) is 0.381. The number of hydrogen-bond acceptors (Lipinski definition) is 8. The molecule has 0 saturated carbocycles. The number of aryl methyl sites for hydroxylation is 3. The topological polar surface area (TPSA) is 102 Å². The summed E-state index contributed by atoms with van der Waals surface area (Å²) in [6.45, 7) is 5.84. The Kier molecular flexibility index (Phi) is 7.98. The van der Waals surface area contributed by atoms with Crippen LogP contribution in [0.1, 0.15) is 32.3 Å². The Morgan fingerprint density at radius 2 is 1.88 bits per heavy atom. The van der Waals surface area contributed by atoms with Crippen molar-refractivity contribution in [3.63, 3.8) is 0 Å². The Morgan fingerprint density at radius 3 is 2.52 bits per heavy atom. The van der Waals surface area contributed by atoms with Crippen LogP contribution in [-0.4, -0.2) is 56.3 Å². The van der Waals surface area contributed by atoms with Crippen LogP contribution in [0.5, 0.6) is 5.75 Å². The highest BCUT2D eigenvalue weighted by Crippen LogP contribution is 2.27. The Balaban J connectivity index is 1.56. The van der Waals surface area contributed by atoms with Crippen molar-refractivity contribution in [1.29, 1.82) is 0 Å². The number of benzene rings is 1. The number of carbonyl (C=O) groups excluding carboxylic acids is 2. The first-order valence-corrected chi connectivity index (χ1v) is 12.1. The maximum atomic E-state index is 12.4. The van der Waals surface area contributed by atoms with Crippen molar-refractivity contribution >= 4 is 51.6 Å². The van der Waals surface area contributed by atoms with Crippen LogP contribution in [0.4, 0.5) is 5.13 Å². The molecule has 0 atom stereocenters. The summed E-state index contributed by atoms with van der Waals surface area (Å²) in [5, 5.41) is 12.8. The zero-order valence-electron chi connectivity index (χ0n) is 19.2. The summed E-state index contributed by atoms with van der Waals surface area (Å²) in [5.41, 5.74) is 2.48. The van der Waals surface area contributed by atoms with Crippen molar-refractivity contribution in [2.24, 2.45) is 7.05 Å². The van der Waals surface area contributed by atoms with Gasteiger partial charge in [-0.25, -0.2) is 4.98 Å². The SMILES string of the molecule is Cc1cc(OCc2nnc(SCC(=O)Nc3nc(C)c(C(=O)N(C)C)s3)n2C)cc(C)c1Cl. The van der Waals surface area contributed by atoms with Gasteiger partial charge in [0.05, 0.1) is 11.4 Å². The molecule has 1 N–H and O–H groups in total. The number of ether oxygens (including phenoxy) is 1. The number of halogens is 1. The molecule has 3 aromatic rings. The van der Waals surface area contributed by atoms with Gasteiger partial charge >= 0.3 is 0 Å². The van der Waals surface area contributed by atoms with Gasteiger partial charge in [0.2, 0.25) is 5.91 Å². The maximum absolute atomic E-state index is 12.4. The minimum absolute atomic E-state index is 0.123. The van der Waals surface area contributed by atoms with Gasteiger partial charge in [-0.15, -0.1) is 10.2 Å². The molecular weight excluding hydrogens is 484 g/mol. The van der Waals surface area contributed by atoms with Crippen LogP contribution in [0.15, 0.2) is 17.3 Å². The van der Waals surface area contributed by atoms with E-state index in [1.54, 1.807) is 25.6 Å². The lowest BCUT2D eigenvalue weighted by Crippen LogP contribution is -2.21. The number of amides is 2. The van der Waals surface area contributed by atoms with Crippen LogP contribution in [-0.2, 0) is 18.4 Å². The summed E-state index contributed by atoms with van der Waals surface area (Å²) in [4.78, 5) is 30.8. The van der Waals surface area contributed by atoms with Crippen molar-refractivity contribution < 1.29 is 14.3 Å². The molecule has 3 rings (SSSR count). The number of nitrogens with one attached hydrogen (secondary N) is 1. The normalized spacial score (nSPS) is 10.9. The first-order valence-electron chi connectivity index (χ1n) is 9.96. The van der Waals surface area contributed by atoms with E-state index < -0.39 is 0 Å². The van der Waals surface area contributed by atoms with Crippen LogP contribution in [0.25, 0.3) is 0 Å². The monoisotopic (exact) mass is 508 g/mol. The molecule has 1 aromatic carbocycles. The highest BCUT2D eigenvalue weighted by atomic mass is 35.5. The third-order valence-corrected chi connectivity index (χ3v) is 7.36. The van der Waals surface area contributed by atoms with E-state index in [2.05, 4.69) is 20.5 Å². The third-order valence-electron chi connectivity index (χ3n) is 4.68. The van der Waals surface area contributed by atoms with Crippen molar-refractivity contribution in [3.8, 4) is 5.75 Å². The first-order chi connectivity index (χ1) is 15.6. The van der Waals surface area contributed by atoms with Gasteiger partial charge in [-0.3, -0.25) is 9.59 Å². The molecule has 0 unspecified atom stereocenters. The highest BCUT2D eigenvalue weighted by Gasteiger charge is 2.19. The van der Waals surface area contributed by atoms with Gasteiger partial charge in [-0.1, -0.05) is 34.7 Å². The van der Waals surface area contributed by atoms with Gasteiger partial charge in [0.1, 0.15) is 17.2 Å². The summed E-state index contributed by atoms with van der Waals surface area (Å²) in [6.07, 6.45) is 0. The number of carbonyl (C=O) groups is 2. The molecule has 0 spiro atoms. The number of thiazole rings is 1. The molecule has 9 nitrogen and oxygen atoms in total. The number of anilines is 1. The van der Waals surface area contributed by atoms with Gasteiger partial charge in [0.15, 0.2) is 16.1 Å². The number of rotatable bonds is 8. The lowest BCUT2D eigenvalue weighted by Gasteiger charge is -2.10. The van der Waals surface area contributed by atoms with E-state index in [-0.39, 0.29) is 24.2 Å². The molecule has 2 amide bonds. The summed E-state index contributed by atoms with van der Waals surface area (Å²) < 4.78 is 7.64. The van der Waals surface area contributed by atoms with Crippen molar-refractivity contribution in [3.05, 3.63) is 44.7 Å². The average Bonchev–Trinajstić information content (AvgIpc) is 3.29.